The van der Waals surface area contributed by atoms with E-state index in [1.807, 2.05) is 30.3 Å². The minimum Gasteiger partial charge on any atom is -0.410 e. The van der Waals surface area contributed by atoms with E-state index in [4.69, 9.17) is 6.11 Å². The summed E-state index contributed by atoms with van der Waals surface area (Å²) in [7, 11) is 0. The normalized spacial score (nSPS) is 15.8. The van der Waals surface area contributed by atoms with Gasteiger partial charge >= 0.3 is 6.09 Å². The van der Waals surface area contributed by atoms with Crippen LogP contribution in [-0.2, 0) is 0 Å². The van der Waals surface area contributed by atoms with Crippen LogP contribution in [0.2, 0.25) is 0 Å². The van der Waals surface area contributed by atoms with Gasteiger partial charge in [0.1, 0.15) is 5.75 Å². The Hall–Kier alpha value is -2.03. The molecule has 2 aromatic carbocycles. The van der Waals surface area contributed by atoms with E-state index < -0.39 is 0 Å². The monoisotopic (exact) mass is 242 g/mol. The molecule has 0 bridgehead atoms. The van der Waals surface area contributed by atoms with Gasteiger partial charge < -0.3 is 9.64 Å². The predicted octanol–water partition coefficient (Wildman–Crippen LogP) is 3.43. The van der Waals surface area contributed by atoms with Gasteiger partial charge in [-0.05, 0) is 35.7 Å². The molecule has 18 heavy (non-hydrogen) atoms. The number of amides is 1. The number of fused-ring (bicyclic) bond motifs is 1. The summed E-state index contributed by atoms with van der Waals surface area (Å²) < 4.78 is 13.4. The molecule has 0 N–H and O–H groups in total. The zero-order valence-corrected chi connectivity index (χ0v) is 10.1. The lowest BCUT2D eigenvalue weighted by molar-refractivity contribution is 0.163. The molecule has 0 spiro atoms. The van der Waals surface area contributed by atoms with Crippen molar-refractivity contribution in [1.29, 1.82) is 0 Å². The highest BCUT2D eigenvalue weighted by atomic mass is 16.6. The van der Waals surface area contributed by atoms with E-state index in [2.05, 4.69) is 0 Å². The third kappa shape index (κ3) is 2.16. The summed E-state index contributed by atoms with van der Waals surface area (Å²) in [6.45, 7) is 1.50. The van der Waals surface area contributed by atoms with E-state index >= 15 is 0 Å². The number of nitrogens with zero attached hydrogens (tertiary/aromatic N) is 1. The average Bonchev–Trinajstić information content (AvgIpc) is 2.96. The van der Waals surface area contributed by atoms with E-state index in [-0.39, 0.29) is 12.1 Å². The average molecular weight is 242 g/mol. The topological polar surface area (TPSA) is 29.5 Å². The van der Waals surface area contributed by atoms with Crippen molar-refractivity contribution in [3.63, 3.8) is 0 Å². The van der Waals surface area contributed by atoms with Crippen molar-refractivity contribution in [3.05, 3.63) is 42.4 Å². The molecule has 2 aromatic rings. The van der Waals surface area contributed by atoms with Gasteiger partial charge in [0.2, 0.25) is 0 Å². The lowest BCUT2D eigenvalue weighted by Crippen LogP contribution is -2.30. The molecule has 3 heteroatoms. The van der Waals surface area contributed by atoms with Crippen molar-refractivity contribution in [2.75, 3.05) is 13.1 Å². The first-order chi connectivity index (χ1) is 9.25. The smallest absolute Gasteiger partial charge is 0.410 e. The molecular formula is C15H15NO2. The van der Waals surface area contributed by atoms with Crippen molar-refractivity contribution in [3.8, 4) is 5.75 Å². The molecule has 1 fully saturated rings. The number of benzene rings is 2. The van der Waals surface area contributed by atoms with E-state index in [1.165, 1.54) is 0 Å². The standard InChI is InChI=1S/C15H15NO2/c17-15(16-9-3-4-10-16)18-14-8-7-12-5-1-2-6-13(12)11-14/h1-2,5-8,11H,3-4,9-10H2/i11D. The minimum absolute atomic E-state index is 0.269. The van der Waals surface area contributed by atoms with Crippen molar-refractivity contribution in [2.24, 2.45) is 0 Å². The predicted molar refractivity (Wildman–Crippen MR) is 70.8 cm³/mol. The van der Waals surface area contributed by atoms with Crippen molar-refractivity contribution in [2.45, 2.75) is 12.8 Å². The molecule has 0 atom stereocenters. The molecule has 0 saturated carbocycles. The van der Waals surface area contributed by atoms with E-state index in [0.717, 1.165) is 36.7 Å². The van der Waals surface area contributed by atoms with Gasteiger partial charge in [0.05, 0.1) is 1.37 Å². The number of likely N-dealkylation sites (tertiary alicyclic amines) is 1. The van der Waals surface area contributed by atoms with Gasteiger partial charge in [-0.3, -0.25) is 0 Å². The summed E-state index contributed by atoms with van der Waals surface area (Å²) in [6.07, 6.45) is 1.71. The molecule has 1 aliphatic heterocycles. The van der Waals surface area contributed by atoms with Gasteiger partial charge in [0.25, 0.3) is 0 Å². The number of carbonyl (C=O) groups excluding carboxylic acids is 1. The summed E-state index contributed by atoms with van der Waals surface area (Å²) >= 11 is 0. The zero-order chi connectivity index (χ0) is 13.2. The Balaban J connectivity index is 1.88. The fourth-order valence-corrected chi connectivity index (χ4v) is 2.21. The first-order valence-corrected chi connectivity index (χ1v) is 6.21. The minimum atomic E-state index is -0.346. The van der Waals surface area contributed by atoms with Crippen LogP contribution in [0.15, 0.2) is 42.4 Å². The van der Waals surface area contributed by atoms with Crippen LogP contribution >= 0.6 is 0 Å². The summed E-state index contributed by atoms with van der Waals surface area (Å²) in [5.74, 6) is 0.329. The van der Waals surface area contributed by atoms with Gasteiger partial charge in [0.15, 0.2) is 0 Å². The van der Waals surface area contributed by atoms with Crippen LogP contribution in [0.4, 0.5) is 4.79 Å². The molecule has 3 rings (SSSR count). The number of rotatable bonds is 1. The molecule has 3 nitrogen and oxygen atoms in total. The summed E-state index contributed by atoms with van der Waals surface area (Å²) in [5.41, 5.74) is 0. The highest BCUT2D eigenvalue weighted by Crippen LogP contribution is 2.21. The number of hydrogen-bond donors (Lipinski definition) is 0. The van der Waals surface area contributed by atoms with Crippen LogP contribution < -0.4 is 4.74 Å². The van der Waals surface area contributed by atoms with Gasteiger partial charge in [-0.15, -0.1) is 0 Å². The zero-order valence-electron chi connectivity index (χ0n) is 11.1. The molecule has 0 aromatic heterocycles. The lowest BCUT2D eigenvalue weighted by Gasteiger charge is -2.14. The van der Waals surface area contributed by atoms with Gasteiger partial charge in [0, 0.05) is 13.1 Å². The van der Waals surface area contributed by atoms with Crippen LogP contribution in [0.3, 0.4) is 0 Å². The Morgan fingerprint density at radius 1 is 1.11 bits per heavy atom. The Kier molecular flexibility index (Phi) is 2.59. The van der Waals surface area contributed by atoms with Crippen molar-refractivity contribution < 1.29 is 10.9 Å². The van der Waals surface area contributed by atoms with Crippen molar-refractivity contribution >= 4 is 16.9 Å². The van der Waals surface area contributed by atoms with Crippen molar-refractivity contribution in [1.82, 2.24) is 4.90 Å². The summed E-state index contributed by atoms with van der Waals surface area (Å²) in [5, 5.41) is 1.78. The van der Waals surface area contributed by atoms with Crippen LogP contribution in [0.25, 0.3) is 10.8 Å². The maximum Gasteiger partial charge on any atom is 0.415 e. The van der Waals surface area contributed by atoms with Gasteiger partial charge in [-0.2, -0.15) is 0 Å². The van der Waals surface area contributed by atoms with E-state index in [0.29, 0.717) is 5.75 Å². The highest BCUT2D eigenvalue weighted by Gasteiger charge is 2.19. The summed E-state index contributed by atoms with van der Waals surface area (Å²) in [4.78, 5) is 13.6. The Labute approximate surface area is 107 Å². The molecule has 0 unspecified atom stereocenters. The first kappa shape index (κ1) is 9.95. The first-order valence-electron chi connectivity index (χ1n) is 6.71. The SMILES string of the molecule is [2H]c1c(OC(=O)N2CCCC2)ccc2ccccc12. The molecular weight excluding hydrogens is 226 g/mol. The Morgan fingerprint density at radius 3 is 2.61 bits per heavy atom. The Bertz CT molecular complexity index is 621. The molecule has 92 valence electrons. The van der Waals surface area contributed by atoms with Crippen LogP contribution in [-0.4, -0.2) is 24.1 Å². The fourth-order valence-electron chi connectivity index (χ4n) is 2.21. The number of hydrogen-bond acceptors (Lipinski definition) is 2. The van der Waals surface area contributed by atoms with Gasteiger partial charge in [-0.25, -0.2) is 4.79 Å². The lowest BCUT2D eigenvalue weighted by atomic mass is 10.1. The molecule has 1 amide bonds. The second kappa shape index (κ2) is 4.69. The second-order valence-electron chi connectivity index (χ2n) is 4.47. The maximum atomic E-state index is 11.9. The molecule has 1 heterocycles. The Morgan fingerprint density at radius 2 is 1.83 bits per heavy atom. The van der Waals surface area contributed by atoms with E-state index in [9.17, 15) is 4.79 Å². The molecule has 1 saturated heterocycles. The quantitative estimate of drug-likeness (QED) is 0.766. The van der Waals surface area contributed by atoms with Crippen LogP contribution in [0, 0.1) is 0 Å². The summed E-state index contributed by atoms with van der Waals surface area (Å²) in [6, 6.07) is 11.5. The second-order valence-corrected chi connectivity index (χ2v) is 4.47. The highest BCUT2D eigenvalue weighted by molar-refractivity contribution is 5.84. The van der Waals surface area contributed by atoms with Gasteiger partial charge in [-0.1, -0.05) is 30.3 Å². The fraction of sp³-hybridized carbons (Fsp3) is 0.267. The van der Waals surface area contributed by atoms with Crippen LogP contribution in [0.5, 0.6) is 5.75 Å². The molecule has 0 aliphatic carbocycles. The third-order valence-electron chi connectivity index (χ3n) is 3.19. The number of carbonyl (C=O) groups is 1. The largest absolute Gasteiger partial charge is 0.415 e. The molecule has 1 aliphatic rings. The van der Waals surface area contributed by atoms with E-state index in [1.54, 1.807) is 11.0 Å². The van der Waals surface area contributed by atoms with Crippen LogP contribution in [0.1, 0.15) is 14.2 Å². The molecule has 0 radical (unpaired) electrons. The third-order valence-corrected chi connectivity index (χ3v) is 3.19. The number of ether oxygens (including phenoxy) is 1. The maximum absolute atomic E-state index is 11.9.